The minimum Gasteiger partial charge on any atom is -0.335 e. The van der Waals surface area contributed by atoms with Gasteiger partial charge in [-0.25, -0.2) is 4.79 Å². The lowest BCUT2D eigenvalue weighted by atomic mass is 9.93. The summed E-state index contributed by atoms with van der Waals surface area (Å²) in [5.74, 6) is 0.472. The highest BCUT2D eigenvalue weighted by Crippen LogP contribution is 2.14. The zero-order chi connectivity index (χ0) is 14.4. The average molecular weight is 272 g/mol. The van der Waals surface area contributed by atoms with Crippen LogP contribution >= 0.6 is 0 Å². The molecule has 3 N–H and O–H groups in total. The fourth-order valence-corrected chi connectivity index (χ4v) is 2.46. The molecule has 1 aliphatic rings. The van der Waals surface area contributed by atoms with Crippen LogP contribution in [0.4, 0.5) is 10.5 Å². The lowest BCUT2D eigenvalue weighted by Crippen LogP contribution is -2.45. The minimum absolute atomic E-state index is 0.127. The van der Waals surface area contributed by atoms with Gasteiger partial charge in [0.15, 0.2) is 0 Å². The Morgan fingerprint density at radius 1 is 1.55 bits per heavy atom. The predicted molar refractivity (Wildman–Crippen MR) is 78.4 cm³/mol. The number of hydrogen-bond acceptors (Lipinski definition) is 3. The summed E-state index contributed by atoms with van der Waals surface area (Å²) in [4.78, 5) is 11.9. The van der Waals surface area contributed by atoms with E-state index in [1.165, 1.54) is 0 Å². The molecule has 2 amide bonds. The minimum atomic E-state index is -0.224. The van der Waals surface area contributed by atoms with Crippen molar-refractivity contribution in [1.82, 2.24) is 10.6 Å². The van der Waals surface area contributed by atoms with Crippen LogP contribution in [0, 0.1) is 17.2 Å². The first-order chi connectivity index (χ1) is 9.69. The van der Waals surface area contributed by atoms with Crippen LogP contribution in [0.25, 0.3) is 0 Å². The van der Waals surface area contributed by atoms with Gasteiger partial charge in [-0.05, 0) is 57.0 Å². The van der Waals surface area contributed by atoms with Crippen molar-refractivity contribution in [2.75, 3.05) is 18.4 Å². The Hall–Kier alpha value is -2.06. The first kappa shape index (κ1) is 14.4. The highest BCUT2D eigenvalue weighted by Gasteiger charge is 2.21. The summed E-state index contributed by atoms with van der Waals surface area (Å²) in [6, 6.07) is 8.85. The number of amides is 2. The molecule has 0 aromatic heterocycles. The maximum absolute atomic E-state index is 11.9. The summed E-state index contributed by atoms with van der Waals surface area (Å²) in [7, 11) is 0. The molecule has 1 heterocycles. The number of nitriles is 1. The Bertz CT molecular complexity index is 503. The van der Waals surface area contributed by atoms with Gasteiger partial charge in [-0.15, -0.1) is 0 Å². The largest absolute Gasteiger partial charge is 0.335 e. The molecule has 0 aliphatic carbocycles. The van der Waals surface area contributed by atoms with Gasteiger partial charge in [0.25, 0.3) is 0 Å². The number of piperidine rings is 1. The number of anilines is 1. The number of hydrogen-bond donors (Lipinski definition) is 3. The van der Waals surface area contributed by atoms with Crippen molar-refractivity contribution in [2.45, 2.75) is 25.8 Å². The van der Waals surface area contributed by atoms with Gasteiger partial charge in [-0.1, -0.05) is 6.07 Å². The molecule has 2 unspecified atom stereocenters. The second-order valence-corrected chi connectivity index (χ2v) is 5.19. The zero-order valence-corrected chi connectivity index (χ0v) is 11.6. The Balaban J connectivity index is 1.86. The Labute approximate surface area is 119 Å². The fourth-order valence-electron chi connectivity index (χ4n) is 2.46. The first-order valence-electron chi connectivity index (χ1n) is 6.97. The summed E-state index contributed by atoms with van der Waals surface area (Å²) < 4.78 is 0. The second kappa shape index (κ2) is 6.92. The van der Waals surface area contributed by atoms with Crippen LogP contribution in [-0.4, -0.2) is 25.2 Å². The summed E-state index contributed by atoms with van der Waals surface area (Å²) in [6.45, 7) is 4.05. The molecule has 1 fully saturated rings. The van der Waals surface area contributed by atoms with Crippen molar-refractivity contribution in [2.24, 2.45) is 5.92 Å². The van der Waals surface area contributed by atoms with E-state index in [1.807, 2.05) is 6.92 Å². The Morgan fingerprint density at radius 3 is 3.10 bits per heavy atom. The standard InChI is InChI=1S/C15H20N4O/c1-11(13-5-3-7-17-10-13)18-15(20)19-14-6-2-4-12(8-14)9-16/h2,4,6,8,11,13,17H,3,5,7,10H2,1H3,(H2,18,19,20). The average Bonchev–Trinajstić information content (AvgIpc) is 2.48. The van der Waals surface area contributed by atoms with Crippen LogP contribution in [0.3, 0.4) is 0 Å². The second-order valence-electron chi connectivity index (χ2n) is 5.19. The molecular weight excluding hydrogens is 252 g/mol. The van der Waals surface area contributed by atoms with Crippen LogP contribution in [0.5, 0.6) is 0 Å². The van der Waals surface area contributed by atoms with Crippen molar-refractivity contribution in [3.05, 3.63) is 29.8 Å². The van der Waals surface area contributed by atoms with Crippen LogP contribution in [0.15, 0.2) is 24.3 Å². The fraction of sp³-hybridized carbons (Fsp3) is 0.467. The normalized spacial score (nSPS) is 19.7. The van der Waals surface area contributed by atoms with Gasteiger partial charge in [0.1, 0.15) is 0 Å². The molecule has 1 aromatic carbocycles. The molecule has 5 heteroatoms. The third kappa shape index (κ3) is 3.97. The SMILES string of the molecule is CC(NC(=O)Nc1cccc(C#N)c1)C1CCCNC1. The summed E-state index contributed by atoms with van der Waals surface area (Å²) in [5.41, 5.74) is 1.17. The van der Waals surface area contributed by atoms with E-state index in [9.17, 15) is 4.79 Å². The molecule has 1 aliphatic heterocycles. The third-order valence-electron chi connectivity index (χ3n) is 3.65. The molecule has 1 saturated heterocycles. The molecule has 2 rings (SSSR count). The van der Waals surface area contributed by atoms with Crippen LogP contribution < -0.4 is 16.0 Å². The van der Waals surface area contributed by atoms with Crippen LogP contribution in [0.2, 0.25) is 0 Å². The van der Waals surface area contributed by atoms with Gasteiger partial charge in [-0.3, -0.25) is 0 Å². The van der Waals surface area contributed by atoms with E-state index in [-0.39, 0.29) is 12.1 Å². The number of nitrogens with one attached hydrogen (secondary N) is 3. The van der Waals surface area contributed by atoms with Gasteiger partial charge >= 0.3 is 6.03 Å². The molecule has 0 saturated carbocycles. The number of rotatable bonds is 3. The molecule has 1 aromatic rings. The monoisotopic (exact) mass is 272 g/mol. The maximum atomic E-state index is 11.9. The van der Waals surface area contributed by atoms with Gasteiger partial charge in [-0.2, -0.15) is 5.26 Å². The predicted octanol–water partition coefficient (Wildman–Crippen LogP) is 2.07. The molecular formula is C15H20N4O. The van der Waals surface area contributed by atoms with E-state index in [0.717, 1.165) is 25.9 Å². The topological polar surface area (TPSA) is 77.0 Å². The quantitative estimate of drug-likeness (QED) is 0.788. The van der Waals surface area contributed by atoms with E-state index < -0.39 is 0 Å². The number of nitrogens with zero attached hydrogens (tertiary/aromatic N) is 1. The molecule has 0 bridgehead atoms. The zero-order valence-electron chi connectivity index (χ0n) is 11.6. The van der Waals surface area contributed by atoms with E-state index in [4.69, 9.17) is 5.26 Å². The van der Waals surface area contributed by atoms with Crippen LogP contribution in [-0.2, 0) is 0 Å². The molecule has 106 valence electrons. The van der Waals surface area contributed by atoms with Crippen molar-refractivity contribution < 1.29 is 4.79 Å². The van der Waals surface area contributed by atoms with E-state index in [1.54, 1.807) is 24.3 Å². The van der Waals surface area contributed by atoms with Gasteiger partial charge in [0, 0.05) is 11.7 Å². The van der Waals surface area contributed by atoms with Crippen molar-refractivity contribution in [3.63, 3.8) is 0 Å². The Kier molecular flexibility index (Phi) is 4.97. The lowest BCUT2D eigenvalue weighted by Gasteiger charge is -2.28. The Morgan fingerprint density at radius 2 is 2.40 bits per heavy atom. The molecule has 20 heavy (non-hydrogen) atoms. The highest BCUT2D eigenvalue weighted by molar-refractivity contribution is 5.89. The van der Waals surface area contributed by atoms with Gasteiger partial charge < -0.3 is 16.0 Å². The maximum Gasteiger partial charge on any atom is 0.319 e. The van der Waals surface area contributed by atoms with E-state index in [2.05, 4.69) is 22.0 Å². The summed E-state index contributed by atoms with van der Waals surface area (Å²) in [6.07, 6.45) is 2.29. The summed E-state index contributed by atoms with van der Waals surface area (Å²) >= 11 is 0. The molecule has 0 radical (unpaired) electrons. The van der Waals surface area contributed by atoms with Gasteiger partial charge in [0.2, 0.25) is 0 Å². The van der Waals surface area contributed by atoms with Gasteiger partial charge in [0.05, 0.1) is 11.6 Å². The van der Waals surface area contributed by atoms with Crippen molar-refractivity contribution in [3.8, 4) is 6.07 Å². The molecule has 0 spiro atoms. The first-order valence-corrected chi connectivity index (χ1v) is 6.97. The summed E-state index contributed by atoms with van der Waals surface area (Å²) in [5, 5.41) is 17.9. The molecule has 2 atom stereocenters. The smallest absolute Gasteiger partial charge is 0.319 e. The van der Waals surface area contributed by atoms with Crippen LogP contribution in [0.1, 0.15) is 25.3 Å². The highest BCUT2D eigenvalue weighted by atomic mass is 16.2. The number of benzene rings is 1. The third-order valence-corrected chi connectivity index (χ3v) is 3.65. The van der Waals surface area contributed by atoms with Crippen molar-refractivity contribution in [1.29, 1.82) is 5.26 Å². The number of urea groups is 1. The number of carbonyl (C=O) groups excluding carboxylic acids is 1. The van der Waals surface area contributed by atoms with Crippen molar-refractivity contribution >= 4 is 11.7 Å². The van der Waals surface area contributed by atoms with E-state index >= 15 is 0 Å². The lowest BCUT2D eigenvalue weighted by molar-refractivity contribution is 0.238. The molecule has 5 nitrogen and oxygen atoms in total. The number of carbonyl (C=O) groups is 1. The van der Waals surface area contributed by atoms with E-state index in [0.29, 0.717) is 17.2 Å².